The van der Waals surface area contributed by atoms with Gasteiger partial charge in [0.15, 0.2) is 0 Å². The Kier molecular flexibility index (Phi) is 7.71. The number of hydrogen-bond donors (Lipinski definition) is 0. The van der Waals surface area contributed by atoms with Crippen LogP contribution in [0.5, 0.6) is 0 Å². The third-order valence-corrected chi connectivity index (χ3v) is 6.79. The minimum atomic E-state index is -0.0837. The van der Waals surface area contributed by atoms with Crippen LogP contribution in [-0.4, -0.2) is 0 Å². The minimum Gasteiger partial charge on any atom is -0.206 e. The van der Waals surface area contributed by atoms with E-state index in [0.717, 1.165) is 47.8 Å². The van der Waals surface area contributed by atoms with E-state index in [1.54, 1.807) is 6.07 Å². The molecule has 0 amide bonds. The average Bonchev–Trinajstić information content (AvgIpc) is 2.70. The maximum Gasteiger partial charge on any atom is 0.131 e. The molecular formula is C27H37F. The predicted molar refractivity (Wildman–Crippen MR) is 119 cm³/mol. The Morgan fingerprint density at radius 1 is 0.893 bits per heavy atom. The van der Waals surface area contributed by atoms with Crippen molar-refractivity contribution < 1.29 is 4.39 Å². The molecule has 3 rings (SSSR count). The van der Waals surface area contributed by atoms with Crippen molar-refractivity contribution in [3.63, 3.8) is 0 Å². The molecule has 0 aliphatic heterocycles. The highest BCUT2D eigenvalue weighted by molar-refractivity contribution is 5.64. The molecule has 0 aromatic heterocycles. The second-order valence-electron chi connectivity index (χ2n) is 9.01. The summed E-state index contributed by atoms with van der Waals surface area (Å²) in [6.07, 6.45) is 11.4. The third-order valence-electron chi connectivity index (χ3n) is 6.79. The molecule has 0 bridgehead atoms. The van der Waals surface area contributed by atoms with Crippen molar-refractivity contribution >= 4 is 0 Å². The van der Waals surface area contributed by atoms with Crippen LogP contribution in [-0.2, 0) is 12.8 Å². The monoisotopic (exact) mass is 380 g/mol. The Hall–Kier alpha value is -1.63. The second kappa shape index (κ2) is 10.2. The fourth-order valence-corrected chi connectivity index (χ4v) is 5.05. The van der Waals surface area contributed by atoms with Crippen LogP contribution in [0.2, 0.25) is 0 Å². The van der Waals surface area contributed by atoms with Crippen LogP contribution in [0.3, 0.4) is 0 Å². The molecule has 1 aliphatic rings. The van der Waals surface area contributed by atoms with Crippen molar-refractivity contribution in [1.29, 1.82) is 0 Å². The van der Waals surface area contributed by atoms with Crippen LogP contribution in [0.15, 0.2) is 42.5 Å². The van der Waals surface area contributed by atoms with E-state index in [9.17, 15) is 4.39 Å². The number of halogens is 1. The van der Waals surface area contributed by atoms with Crippen molar-refractivity contribution in [2.45, 2.75) is 78.6 Å². The first-order valence-electron chi connectivity index (χ1n) is 11.5. The summed E-state index contributed by atoms with van der Waals surface area (Å²) in [5.74, 6) is 2.32. The van der Waals surface area contributed by atoms with E-state index < -0.39 is 0 Å². The van der Waals surface area contributed by atoms with Gasteiger partial charge in [-0.2, -0.15) is 0 Å². The summed E-state index contributed by atoms with van der Waals surface area (Å²) in [5, 5.41) is 0. The van der Waals surface area contributed by atoms with E-state index in [2.05, 4.69) is 51.1 Å². The molecule has 1 heteroatoms. The molecule has 28 heavy (non-hydrogen) atoms. The molecule has 0 saturated heterocycles. The smallest absolute Gasteiger partial charge is 0.131 e. The molecule has 0 nitrogen and oxygen atoms in total. The van der Waals surface area contributed by atoms with Gasteiger partial charge in [-0.3, -0.25) is 0 Å². The van der Waals surface area contributed by atoms with E-state index in [1.165, 1.54) is 44.1 Å². The maximum atomic E-state index is 14.8. The van der Waals surface area contributed by atoms with Gasteiger partial charge in [0.05, 0.1) is 0 Å². The molecule has 0 heterocycles. The summed E-state index contributed by atoms with van der Waals surface area (Å²) in [6.45, 7) is 6.85. The first-order valence-corrected chi connectivity index (χ1v) is 11.5. The number of rotatable bonds is 8. The van der Waals surface area contributed by atoms with Crippen LogP contribution in [0.1, 0.15) is 76.8 Å². The SMILES string of the molecule is CCCc1ccc(-c2ccc(CC(C)C3CCC(CCC)CC3)cc2F)cc1. The molecule has 0 radical (unpaired) electrons. The molecule has 2 aromatic rings. The van der Waals surface area contributed by atoms with Crippen LogP contribution < -0.4 is 0 Å². The summed E-state index contributed by atoms with van der Waals surface area (Å²) in [7, 11) is 0. The summed E-state index contributed by atoms with van der Waals surface area (Å²) in [6, 6.07) is 14.3. The highest BCUT2D eigenvalue weighted by Crippen LogP contribution is 2.37. The zero-order valence-corrected chi connectivity index (χ0v) is 18.0. The topological polar surface area (TPSA) is 0 Å². The highest BCUT2D eigenvalue weighted by atomic mass is 19.1. The van der Waals surface area contributed by atoms with Crippen molar-refractivity contribution in [2.24, 2.45) is 17.8 Å². The summed E-state index contributed by atoms with van der Waals surface area (Å²) >= 11 is 0. The van der Waals surface area contributed by atoms with Gasteiger partial charge in [-0.05, 0) is 66.2 Å². The molecule has 1 atom stereocenters. The lowest BCUT2D eigenvalue weighted by Crippen LogP contribution is -2.21. The molecule has 2 aromatic carbocycles. The summed E-state index contributed by atoms with van der Waals surface area (Å²) < 4.78 is 14.8. The van der Waals surface area contributed by atoms with Crippen molar-refractivity contribution in [2.75, 3.05) is 0 Å². The second-order valence-corrected chi connectivity index (χ2v) is 9.01. The van der Waals surface area contributed by atoms with Gasteiger partial charge in [-0.1, -0.05) is 89.3 Å². The van der Waals surface area contributed by atoms with Gasteiger partial charge < -0.3 is 0 Å². The van der Waals surface area contributed by atoms with Crippen LogP contribution in [0.25, 0.3) is 11.1 Å². The highest BCUT2D eigenvalue weighted by Gasteiger charge is 2.25. The maximum absolute atomic E-state index is 14.8. The molecule has 0 N–H and O–H groups in total. The zero-order chi connectivity index (χ0) is 19.9. The number of aryl methyl sites for hydroxylation is 1. The first-order chi connectivity index (χ1) is 13.6. The van der Waals surface area contributed by atoms with E-state index >= 15 is 0 Å². The van der Waals surface area contributed by atoms with E-state index in [0.29, 0.717) is 5.92 Å². The Labute approximate surface area is 171 Å². The average molecular weight is 381 g/mol. The molecule has 0 spiro atoms. The Balaban J connectivity index is 1.61. The quantitative estimate of drug-likeness (QED) is 0.432. The molecule has 1 aliphatic carbocycles. The van der Waals surface area contributed by atoms with Crippen LogP contribution in [0, 0.1) is 23.6 Å². The van der Waals surface area contributed by atoms with Gasteiger partial charge in [0, 0.05) is 5.56 Å². The molecule has 1 fully saturated rings. The first kappa shape index (κ1) is 21.1. The Morgan fingerprint density at radius 3 is 2.18 bits per heavy atom. The fourth-order valence-electron chi connectivity index (χ4n) is 5.05. The number of hydrogen-bond acceptors (Lipinski definition) is 0. The lowest BCUT2D eigenvalue weighted by atomic mass is 9.73. The normalized spacial score (nSPS) is 20.9. The van der Waals surface area contributed by atoms with Crippen LogP contribution >= 0.6 is 0 Å². The van der Waals surface area contributed by atoms with Gasteiger partial charge in [0.1, 0.15) is 5.82 Å². The van der Waals surface area contributed by atoms with Gasteiger partial charge in [-0.15, -0.1) is 0 Å². The molecular weight excluding hydrogens is 343 g/mol. The van der Waals surface area contributed by atoms with Gasteiger partial charge in [0.2, 0.25) is 0 Å². The predicted octanol–water partition coefficient (Wildman–Crippen LogP) is 8.23. The van der Waals surface area contributed by atoms with Gasteiger partial charge in [-0.25, -0.2) is 4.39 Å². The Morgan fingerprint density at radius 2 is 1.57 bits per heavy atom. The lowest BCUT2D eigenvalue weighted by molar-refractivity contribution is 0.206. The largest absolute Gasteiger partial charge is 0.206 e. The lowest BCUT2D eigenvalue weighted by Gasteiger charge is -2.32. The van der Waals surface area contributed by atoms with E-state index in [1.807, 2.05) is 6.07 Å². The molecule has 1 unspecified atom stereocenters. The van der Waals surface area contributed by atoms with Crippen molar-refractivity contribution in [1.82, 2.24) is 0 Å². The van der Waals surface area contributed by atoms with Crippen molar-refractivity contribution in [3.05, 3.63) is 59.4 Å². The van der Waals surface area contributed by atoms with E-state index in [-0.39, 0.29) is 5.82 Å². The van der Waals surface area contributed by atoms with Gasteiger partial charge in [0.25, 0.3) is 0 Å². The molecule has 152 valence electrons. The van der Waals surface area contributed by atoms with Crippen molar-refractivity contribution in [3.8, 4) is 11.1 Å². The standard InChI is InChI=1S/C27H37F/c1-4-6-21-8-13-24(14-9-21)20(3)18-23-12-17-26(27(28)19-23)25-15-10-22(7-5-2)11-16-25/h10-12,15-17,19-21,24H,4-9,13-14,18H2,1-3H3. The third kappa shape index (κ3) is 5.46. The zero-order valence-electron chi connectivity index (χ0n) is 18.0. The minimum absolute atomic E-state index is 0.0837. The molecule has 1 saturated carbocycles. The Bertz CT molecular complexity index is 722. The van der Waals surface area contributed by atoms with Gasteiger partial charge >= 0.3 is 0 Å². The fraction of sp³-hybridized carbons (Fsp3) is 0.556. The number of benzene rings is 2. The summed E-state index contributed by atoms with van der Waals surface area (Å²) in [4.78, 5) is 0. The van der Waals surface area contributed by atoms with Crippen LogP contribution in [0.4, 0.5) is 4.39 Å². The van der Waals surface area contributed by atoms with E-state index in [4.69, 9.17) is 0 Å². The summed E-state index contributed by atoms with van der Waals surface area (Å²) in [5.41, 5.74) is 4.17.